The minimum Gasteiger partial charge on any atom is -0.496 e. The van der Waals surface area contributed by atoms with Crippen LogP contribution in [0.5, 0.6) is 5.75 Å². The first-order valence-corrected chi connectivity index (χ1v) is 7.52. The zero-order valence-corrected chi connectivity index (χ0v) is 13.2. The summed E-state index contributed by atoms with van der Waals surface area (Å²) in [4.78, 5) is 11.6. The summed E-state index contributed by atoms with van der Waals surface area (Å²) in [5, 5.41) is 16.1. The predicted octanol–water partition coefficient (Wildman–Crippen LogP) is 3.72. The Bertz CT molecular complexity index is 615. The number of nitro benzene ring substituents is 1. The first-order valence-electron chi connectivity index (χ1n) is 5.85. The standard InChI is InChI=1S/C13H13BrN2O3S/c1-19-11-5-9(4-10(6-11)16(17)18)7-15-8-13-12(14)2-3-20-13/h2-6,15H,7-8H2,1H3. The molecule has 0 aliphatic rings. The van der Waals surface area contributed by atoms with E-state index in [2.05, 4.69) is 21.2 Å². The molecule has 0 spiro atoms. The molecule has 20 heavy (non-hydrogen) atoms. The van der Waals surface area contributed by atoms with Gasteiger partial charge in [0.05, 0.1) is 18.1 Å². The van der Waals surface area contributed by atoms with Crippen LogP contribution in [0.25, 0.3) is 0 Å². The molecule has 0 radical (unpaired) electrons. The molecule has 0 unspecified atom stereocenters. The van der Waals surface area contributed by atoms with Crippen LogP contribution >= 0.6 is 27.3 Å². The maximum atomic E-state index is 10.9. The van der Waals surface area contributed by atoms with E-state index in [1.54, 1.807) is 23.5 Å². The highest BCUT2D eigenvalue weighted by Crippen LogP contribution is 2.24. The average molecular weight is 357 g/mol. The van der Waals surface area contributed by atoms with Crippen molar-refractivity contribution >= 4 is 33.0 Å². The molecule has 1 heterocycles. The third-order valence-corrected chi connectivity index (χ3v) is 4.63. The van der Waals surface area contributed by atoms with E-state index < -0.39 is 4.92 Å². The summed E-state index contributed by atoms with van der Waals surface area (Å²) >= 11 is 5.13. The molecule has 0 atom stereocenters. The molecule has 106 valence electrons. The van der Waals surface area contributed by atoms with Gasteiger partial charge in [0.25, 0.3) is 5.69 Å². The van der Waals surface area contributed by atoms with Crippen LogP contribution in [0.4, 0.5) is 5.69 Å². The predicted molar refractivity (Wildman–Crippen MR) is 82.2 cm³/mol. The Morgan fingerprint density at radius 3 is 2.80 bits per heavy atom. The quantitative estimate of drug-likeness (QED) is 0.632. The number of nitrogens with zero attached hydrogens (tertiary/aromatic N) is 1. The number of nitro groups is 1. The Labute approximate surface area is 128 Å². The lowest BCUT2D eigenvalue weighted by atomic mass is 10.2. The van der Waals surface area contributed by atoms with Gasteiger partial charge in [-0.1, -0.05) is 0 Å². The van der Waals surface area contributed by atoms with Crippen LogP contribution in [0.1, 0.15) is 10.4 Å². The second-order valence-electron chi connectivity index (χ2n) is 4.09. The molecule has 1 aromatic heterocycles. The molecule has 5 nitrogen and oxygen atoms in total. The summed E-state index contributed by atoms with van der Waals surface area (Å²) < 4.78 is 6.15. The molecule has 2 aromatic rings. The van der Waals surface area contributed by atoms with Gasteiger partial charge in [0.15, 0.2) is 0 Å². The van der Waals surface area contributed by atoms with Crippen LogP contribution in [0, 0.1) is 10.1 Å². The zero-order valence-electron chi connectivity index (χ0n) is 10.8. The average Bonchev–Trinajstić information content (AvgIpc) is 2.84. The van der Waals surface area contributed by atoms with Gasteiger partial charge in [-0.05, 0) is 39.0 Å². The van der Waals surface area contributed by atoms with Crippen LogP contribution in [0.2, 0.25) is 0 Å². The molecule has 2 rings (SSSR count). The smallest absolute Gasteiger partial charge is 0.273 e. The molecule has 0 fully saturated rings. The molecule has 7 heteroatoms. The molecule has 0 saturated carbocycles. The number of thiophene rings is 1. The number of non-ortho nitro benzene ring substituents is 1. The molecule has 1 aromatic carbocycles. The van der Waals surface area contributed by atoms with Gasteiger partial charge in [0, 0.05) is 28.5 Å². The summed E-state index contributed by atoms with van der Waals surface area (Å²) in [5.41, 5.74) is 0.863. The summed E-state index contributed by atoms with van der Waals surface area (Å²) in [7, 11) is 1.50. The molecule has 0 saturated heterocycles. The zero-order chi connectivity index (χ0) is 14.5. The SMILES string of the molecule is COc1cc(CNCc2sccc2Br)cc([N+](=O)[O-])c1. The molecular formula is C13H13BrN2O3S. The van der Waals surface area contributed by atoms with Crippen molar-refractivity contribution in [3.8, 4) is 5.75 Å². The lowest BCUT2D eigenvalue weighted by Gasteiger charge is -2.06. The van der Waals surface area contributed by atoms with Gasteiger partial charge >= 0.3 is 0 Å². The maximum Gasteiger partial charge on any atom is 0.273 e. The Morgan fingerprint density at radius 1 is 1.40 bits per heavy atom. The summed E-state index contributed by atoms with van der Waals surface area (Å²) in [6, 6.07) is 6.76. The fourth-order valence-electron chi connectivity index (χ4n) is 1.74. The number of methoxy groups -OCH3 is 1. The van der Waals surface area contributed by atoms with Crippen molar-refractivity contribution in [2.24, 2.45) is 0 Å². The van der Waals surface area contributed by atoms with Gasteiger partial charge in [-0.3, -0.25) is 10.1 Å². The number of rotatable bonds is 6. The van der Waals surface area contributed by atoms with E-state index >= 15 is 0 Å². The second-order valence-corrected chi connectivity index (χ2v) is 5.95. The van der Waals surface area contributed by atoms with Crippen molar-refractivity contribution in [2.75, 3.05) is 7.11 Å². The highest BCUT2D eigenvalue weighted by atomic mass is 79.9. The maximum absolute atomic E-state index is 10.9. The van der Waals surface area contributed by atoms with Crippen LogP contribution in [0.3, 0.4) is 0 Å². The molecule has 0 aliphatic heterocycles. The van der Waals surface area contributed by atoms with Crippen LogP contribution in [-0.4, -0.2) is 12.0 Å². The molecule has 0 aliphatic carbocycles. The number of halogens is 1. The van der Waals surface area contributed by atoms with Gasteiger partial charge in [-0.15, -0.1) is 11.3 Å². The van der Waals surface area contributed by atoms with E-state index in [4.69, 9.17) is 4.74 Å². The van der Waals surface area contributed by atoms with E-state index in [1.165, 1.54) is 18.1 Å². The van der Waals surface area contributed by atoms with E-state index in [0.29, 0.717) is 18.8 Å². The normalized spacial score (nSPS) is 10.5. The highest BCUT2D eigenvalue weighted by Gasteiger charge is 2.10. The fourth-order valence-corrected chi connectivity index (χ4v) is 3.20. The summed E-state index contributed by atoms with van der Waals surface area (Å²) in [5.74, 6) is 0.494. The van der Waals surface area contributed by atoms with Crippen molar-refractivity contribution < 1.29 is 9.66 Å². The van der Waals surface area contributed by atoms with Crippen molar-refractivity contribution in [3.05, 3.63) is 54.7 Å². The lowest BCUT2D eigenvalue weighted by molar-refractivity contribution is -0.385. The monoisotopic (exact) mass is 356 g/mol. The third kappa shape index (κ3) is 3.78. The number of hydrogen-bond acceptors (Lipinski definition) is 5. The van der Waals surface area contributed by atoms with Gasteiger partial charge in [0.2, 0.25) is 0 Å². The molecule has 1 N–H and O–H groups in total. The minimum atomic E-state index is -0.415. The van der Waals surface area contributed by atoms with Gasteiger partial charge in [-0.2, -0.15) is 0 Å². The number of hydrogen-bond donors (Lipinski definition) is 1. The molecular weight excluding hydrogens is 344 g/mol. The summed E-state index contributed by atoms with van der Waals surface area (Å²) in [6.07, 6.45) is 0. The van der Waals surface area contributed by atoms with Crippen LogP contribution in [0.15, 0.2) is 34.1 Å². The van der Waals surface area contributed by atoms with Crippen LogP contribution < -0.4 is 10.1 Å². The highest BCUT2D eigenvalue weighted by molar-refractivity contribution is 9.10. The van der Waals surface area contributed by atoms with Crippen molar-refractivity contribution in [3.63, 3.8) is 0 Å². The van der Waals surface area contributed by atoms with Gasteiger partial charge < -0.3 is 10.1 Å². The van der Waals surface area contributed by atoms with Crippen molar-refractivity contribution in [1.82, 2.24) is 5.32 Å². The summed E-state index contributed by atoms with van der Waals surface area (Å²) in [6.45, 7) is 1.26. The topological polar surface area (TPSA) is 64.4 Å². The largest absolute Gasteiger partial charge is 0.496 e. The van der Waals surface area contributed by atoms with Crippen molar-refractivity contribution in [2.45, 2.75) is 13.1 Å². The van der Waals surface area contributed by atoms with Gasteiger partial charge in [0.1, 0.15) is 5.75 Å². The number of nitrogens with one attached hydrogen (secondary N) is 1. The fraction of sp³-hybridized carbons (Fsp3) is 0.231. The van der Waals surface area contributed by atoms with Crippen LogP contribution in [-0.2, 0) is 13.1 Å². The Hall–Kier alpha value is -1.44. The first-order chi connectivity index (χ1) is 9.60. The number of ether oxygens (including phenoxy) is 1. The van der Waals surface area contributed by atoms with E-state index in [0.717, 1.165) is 10.0 Å². The lowest BCUT2D eigenvalue weighted by Crippen LogP contribution is -2.12. The van der Waals surface area contributed by atoms with E-state index in [9.17, 15) is 10.1 Å². The van der Waals surface area contributed by atoms with E-state index in [1.807, 2.05) is 11.4 Å². The second kappa shape index (κ2) is 6.83. The molecule has 0 bridgehead atoms. The first kappa shape index (κ1) is 15.0. The molecule has 0 amide bonds. The van der Waals surface area contributed by atoms with Crippen molar-refractivity contribution in [1.29, 1.82) is 0 Å². The number of benzene rings is 1. The van der Waals surface area contributed by atoms with Gasteiger partial charge in [-0.25, -0.2) is 0 Å². The third-order valence-electron chi connectivity index (χ3n) is 2.70. The van der Waals surface area contributed by atoms with E-state index in [-0.39, 0.29) is 5.69 Å². The Morgan fingerprint density at radius 2 is 2.20 bits per heavy atom. The Kier molecular flexibility index (Phi) is 5.11. The Balaban J connectivity index is 2.03. The minimum absolute atomic E-state index is 0.0402.